The summed E-state index contributed by atoms with van der Waals surface area (Å²) in [6.45, 7) is 3.17. The van der Waals surface area contributed by atoms with Crippen LogP contribution in [0.25, 0.3) is 10.2 Å². The van der Waals surface area contributed by atoms with Crippen LogP contribution < -0.4 is 9.54 Å². The Bertz CT molecular complexity index is 1210. The van der Waals surface area contributed by atoms with Gasteiger partial charge in [-0.25, -0.2) is 8.42 Å². The molecule has 0 aliphatic rings. The minimum Gasteiger partial charge on any atom is -0.484 e. The molecule has 1 aromatic heterocycles. The first kappa shape index (κ1) is 22.5. The molecule has 0 radical (unpaired) electrons. The molecule has 0 atom stereocenters. The van der Waals surface area contributed by atoms with Crippen LogP contribution in [0.15, 0.2) is 52.4 Å². The molecular formula is C20H21ClN2O5S2. The second kappa shape index (κ2) is 9.74. The van der Waals surface area contributed by atoms with E-state index in [0.717, 1.165) is 16.5 Å². The van der Waals surface area contributed by atoms with E-state index < -0.39 is 15.7 Å². The molecule has 0 unspecified atom stereocenters. The predicted octanol–water partition coefficient (Wildman–Crippen LogP) is 3.30. The van der Waals surface area contributed by atoms with Crippen molar-refractivity contribution in [3.8, 4) is 5.75 Å². The second-order valence-corrected chi connectivity index (χ2v) is 9.84. The van der Waals surface area contributed by atoms with E-state index in [0.29, 0.717) is 35.3 Å². The number of fused-ring (bicyclic) bond motifs is 1. The summed E-state index contributed by atoms with van der Waals surface area (Å²) < 4.78 is 37.2. The number of ether oxygens (including phenoxy) is 2. The number of rotatable bonds is 8. The lowest BCUT2D eigenvalue weighted by Crippen LogP contribution is -2.21. The normalized spacial score (nSPS) is 12.4. The third-order valence-corrected chi connectivity index (χ3v) is 6.55. The Hall–Kier alpha value is -2.20. The van der Waals surface area contributed by atoms with Gasteiger partial charge >= 0.3 is 0 Å². The molecular weight excluding hydrogens is 448 g/mol. The zero-order valence-electron chi connectivity index (χ0n) is 16.5. The van der Waals surface area contributed by atoms with Crippen molar-refractivity contribution in [1.29, 1.82) is 0 Å². The average Bonchev–Trinajstić information content (AvgIpc) is 3.03. The van der Waals surface area contributed by atoms with Crippen molar-refractivity contribution in [1.82, 2.24) is 4.57 Å². The van der Waals surface area contributed by atoms with Gasteiger partial charge in [-0.3, -0.25) is 4.79 Å². The first-order chi connectivity index (χ1) is 14.3. The molecule has 7 nitrogen and oxygen atoms in total. The number of carbonyl (C=O) groups excluding carboxylic acids is 1. The number of hydrogen-bond acceptors (Lipinski definition) is 6. The fraction of sp³-hybridized carbons (Fsp3) is 0.300. The molecule has 3 rings (SSSR count). The highest BCUT2D eigenvalue weighted by Gasteiger charge is 2.13. The number of halogens is 1. The molecule has 1 amide bonds. The number of sulfone groups is 1. The quantitative estimate of drug-likeness (QED) is 0.473. The molecule has 0 N–H and O–H groups in total. The monoisotopic (exact) mass is 468 g/mol. The molecule has 30 heavy (non-hydrogen) atoms. The van der Waals surface area contributed by atoms with Gasteiger partial charge in [-0.15, -0.1) is 0 Å². The number of benzene rings is 2. The van der Waals surface area contributed by atoms with Gasteiger partial charge in [-0.2, -0.15) is 4.99 Å². The average molecular weight is 469 g/mol. The molecule has 10 heteroatoms. The third kappa shape index (κ3) is 5.69. The Kier molecular flexibility index (Phi) is 7.30. The molecule has 0 aliphatic carbocycles. The van der Waals surface area contributed by atoms with Gasteiger partial charge in [0.1, 0.15) is 5.75 Å². The summed E-state index contributed by atoms with van der Waals surface area (Å²) in [5.41, 5.74) is 0.789. The molecule has 3 aromatic rings. The van der Waals surface area contributed by atoms with Crippen LogP contribution in [0.5, 0.6) is 5.75 Å². The first-order valence-corrected chi connectivity index (χ1v) is 12.2. The van der Waals surface area contributed by atoms with Gasteiger partial charge < -0.3 is 14.0 Å². The highest BCUT2D eigenvalue weighted by molar-refractivity contribution is 7.90. The van der Waals surface area contributed by atoms with Gasteiger partial charge in [0, 0.05) is 24.4 Å². The number of hydrogen-bond donors (Lipinski definition) is 0. The van der Waals surface area contributed by atoms with E-state index in [1.165, 1.54) is 11.3 Å². The minimum absolute atomic E-state index is 0.220. The lowest BCUT2D eigenvalue weighted by Gasteiger charge is -2.06. The van der Waals surface area contributed by atoms with Gasteiger partial charge in [-0.05, 0) is 49.4 Å². The van der Waals surface area contributed by atoms with Crippen molar-refractivity contribution in [2.75, 3.05) is 26.1 Å². The number of aromatic nitrogens is 1. The molecule has 0 bridgehead atoms. The second-order valence-electron chi connectivity index (χ2n) is 6.38. The molecule has 0 fully saturated rings. The van der Waals surface area contributed by atoms with Crippen LogP contribution in [0.3, 0.4) is 0 Å². The van der Waals surface area contributed by atoms with Crippen molar-refractivity contribution >= 4 is 48.9 Å². The summed E-state index contributed by atoms with van der Waals surface area (Å²) in [6, 6.07) is 11.6. The van der Waals surface area contributed by atoms with Crippen molar-refractivity contribution in [2.45, 2.75) is 18.4 Å². The lowest BCUT2D eigenvalue weighted by atomic mass is 10.3. The van der Waals surface area contributed by atoms with E-state index in [1.54, 1.807) is 42.5 Å². The maximum Gasteiger partial charge on any atom is 0.286 e. The first-order valence-electron chi connectivity index (χ1n) is 9.15. The highest BCUT2D eigenvalue weighted by atomic mass is 35.5. The lowest BCUT2D eigenvalue weighted by molar-refractivity contribution is -0.120. The Morgan fingerprint density at radius 1 is 1.20 bits per heavy atom. The van der Waals surface area contributed by atoms with Crippen LogP contribution in [0.1, 0.15) is 6.92 Å². The fourth-order valence-electron chi connectivity index (χ4n) is 2.70. The SMILES string of the molecule is CCOCCn1c(=NC(=O)COc2ccc(Cl)cc2)sc2cc(S(C)(=O)=O)ccc21. The molecule has 0 saturated heterocycles. The topological polar surface area (TPSA) is 87.0 Å². The van der Waals surface area contributed by atoms with E-state index >= 15 is 0 Å². The fourth-order valence-corrected chi connectivity index (χ4v) is 4.66. The smallest absolute Gasteiger partial charge is 0.286 e. The van der Waals surface area contributed by atoms with Crippen LogP contribution in [0.4, 0.5) is 0 Å². The Morgan fingerprint density at radius 2 is 1.93 bits per heavy atom. The minimum atomic E-state index is -3.34. The summed E-state index contributed by atoms with van der Waals surface area (Å²) in [4.78, 5) is 17.3. The molecule has 0 aliphatic heterocycles. The molecule has 2 aromatic carbocycles. The molecule has 160 valence electrons. The van der Waals surface area contributed by atoms with Gasteiger partial charge in [0.05, 0.1) is 21.7 Å². The van der Waals surface area contributed by atoms with E-state index in [2.05, 4.69) is 4.99 Å². The Labute approximate surface area is 183 Å². The van der Waals surface area contributed by atoms with Crippen LogP contribution in [0, 0.1) is 0 Å². The zero-order valence-corrected chi connectivity index (χ0v) is 18.9. The Balaban J connectivity index is 1.91. The van der Waals surface area contributed by atoms with Gasteiger partial charge in [0.15, 0.2) is 21.2 Å². The number of thiazole rings is 1. The van der Waals surface area contributed by atoms with E-state index in [4.69, 9.17) is 21.1 Å². The number of amides is 1. The third-order valence-electron chi connectivity index (χ3n) is 4.14. The van der Waals surface area contributed by atoms with Crippen LogP contribution in [-0.4, -0.2) is 45.0 Å². The molecule has 0 saturated carbocycles. The molecule has 0 spiro atoms. The number of carbonyl (C=O) groups is 1. The van der Waals surface area contributed by atoms with Gasteiger partial charge in [0.25, 0.3) is 5.91 Å². The largest absolute Gasteiger partial charge is 0.484 e. The van der Waals surface area contributed by atoms with E-state index in [1.807, 2.05) is 11.5 Å². The highest BCUT2D eigenvalue weighted by Crippen LogP contribution is 2.22. The summed E-state index contributed by atoms with van der Waals surface area (Å²) >= 11 is 7.09. The van der Waals surface area contributed by atoms with Crippen molar-refractivity contribution in [2.24, 2.45) is 4.99 Å². The van der Waals surface area contributed by atoms with Crippen LogP contribution in [-0.2, 0) is 25.9 Å². The standard InChI is InChI=1S/C20H21ClN2O5S2/c1-3-27-11-10-23-17-9-8-16(30(2,25)26)12-18(17)29-20(23)22-19(24)13-28-15-6-4-14(21)5-7-15/h4-9,12H,3,10-11,13H2,1-2H3. The maximum absolute atomic E-state index is 12.4. The van der Waals surface area contributed by atoms with Crippen molar-refractivity contribution in [3.63, 3.8) is 0 Å². The van der Waals surface area contributed by atoms with Crippen LogP contribution in [0.2, 0.25) is 5.02 Å². The van der Waals surface area contributed by atoms with Crippen molar-refractivity contribution in [3.05, 3.63) is 52.3 Å². The van der Waals surface area contributed by atoms with E-state index in [-0.39, 0.29) is 11.5 Å². The maximum atomic E-state index is 12.4. The van der Waals surface area contributed by atoms with Gasteiger partial charge in [-0.1, -0.05) is 22.9 Å². The van der Waals surface area contributed by atoms with E-state index in [9.17, 15) is 13.2 Å². The van der Waals surface area contributed by atoms with Crippen LogP contribution >= 0.6 is 22.9 Å². The molecule has 1 heterocycles. The summed E-state index contributed by atoms with van der Waals surface area (Å²) in [7, 11) is -3.34. The summed E-state index contributed by atoms with van der Waals surface area (Å²) in [6.07, 6.45) is 1.16. The number of nitrogens with zero attached hydrogens (tertiary/aromatic N) is 2. The summed E-state index contributed by atoms with van der Waals surface area (Å²) in [5, 5.41) is 0.576. The van der Waals surface area contributed by atoms with Gasteiger partial charge in [0.2, 0.25) is 0 Å². The Morgan fingerprint density at radius 3 is 2.60 bits per heavy atom. The van der Waals surface area contributed by atoms with Crippen molar-refractivity contribution < 1.29 is 22.7 Å². The predicted molar refractivity (Wildman–Crippen MR) is 117 cm³/mol. The zero-order chi connectivity index (χ0) is 21.7. The summed E-state index contributed by atoms with van der Waals surface area (Å²) in [5.74, 6) is 0.0614.